The van der Waals surface area contributed by atoms with Crippen molar-refractivity contribution < 1.29 is 0 Å². The van der Waals surface area contributed by atoms with Crippen molar-refractivity contribution in [3.8, 4) is 0 Å². The van der Waals surface area contributed by atoms with Crippen molar-refractivity contribution in [1.82, 2.24) is 9.55 Å². The zero-order valence-electron chi connectivity index (χ0n) is 8.39. The highest BCUT2D eigenvalue weighted by Gasteiger charge is 2.06. The molecule has 0 spiro atoms. The molecule has 0 aliphatic heterocycles. The number of rotatable bonds is 3. The SMILES string of the molecule is CCn1[c]nc(CC(C)C)c1C. The molecule has 0 unspecified atom stereocenters. The van der Waals surface area contributed by atoms with Gasteiger partial charge in [0.1, 0.15) is 0 Å². The monoisotopic (exact) mass is 165 g/mol. The summed E-state index contributed by atoms with van der Waals surface area (Å²) < 4.78 is 2.07. The van der Waals surface area contributed by atoms with E-state index in [1.165, 1.54) is 11.4 Å². The van der Waals surface area contributed by atoms with Crippen molar-refractivity contribution in [1.29, 1.82) is 0 Å². The highest BCUT2D eigenvalue weighted by Crippen LogP contribution is 2.10. The Morgan fingerprint density at radius 3 is 2.58 bits per heavy atom. The second-order valence-corrected chi connectivity index (χ2v) is 3.59. The van der Waals surface area contributed by atoms with Crippen LogP contribution in [0.15, 0.2) is 0 Å². The third-order valence-corrected chi connectivity index (χ3v) is 2.05. The van der Waals surface area contributed by atoms with Crippen LogP contribution in [0, 0.1) is 19.2 Å². The van der Waals surface area contributed by atoms with Crippen LogP contribution in [-0.2, 0) is 13.0 Å². The fraction of sp³-hybridized carbons (Fsp3) is 0.700. The molecule has 2 nitrogen and oxygen atoms in total. The van der Waals surface area contributed by atoms with Gasteiger partial charge in [0.05, 0.1) is 5.69 Å². The third-order valence-electron chi connectivity index (χ3n) is 2.05. The van der Waals surface area contributed by atoms with Gasteiger partial charge in [-0.15, -0.1) is 0 Å². The zero-order chi connectivity index (χ0) is 9.14. The first-order valence-electron chi connectivity index (χ1n) is 4.58. The van der Waals surface area contributed by atoms with Gasteiger partial charge in [-0.05, 0) is 26.2 Å². The summed E-state index contributed by atoms with van der Waals surface area (Å²) in [6.07, 6.45) is 4.06. The molecule has 0 N–H and O–H groups in total. The quantitative estimate of drug-likeness (QED) is 0.671. The number of nitrogens with zero attached hydrogens (tertiary/aromatic N) is 2. The highest BCUT2D eigenvalue weighted by atomic mass is 15.0. The summed E-state index contributed by atoms with van der Waals surface area (Å²) in [5.74, 6) is 0.678. The Morgan fingerprint density at radius 2 is 2.17 bits per heavy atom. The van der Waals surface area contributed by atoms with E-state index >= 15 is 0 Å². The van der Waals surface area contributed by atoms with Crippen LogP contribution in [0.4, 0.5) is 0 Å². The van der Waals surface area contributed by atoms with Crippen LogP contribution in [-0.4, -0.2) is 9.55 Å². The van der Waals surface area contributed by atoms with Crippen LogP contribution in [0.25, 0.3) is 0 Å². The molecular weight excluding hydrogens is 148 g/mol. The number of aryl methyl sites for hydroxylation is 1. The molecule has 2 heteroatoms. The summed E-state index contributed by atoms with van der Waals surface area (Å²) in [6.45, 7) is 9.63. The minimum Gasteiger partial charge on any atom is -0.326 e. The molecule has 67 valence electrons. The lowest BCUT2D eigenvalue weighted by molar-refractivity contribution is 0.631. The summed E-state index contributed by atoms with van der Waals surface area (Å²) in [4.78, 5) is 4.26. The average molecular weight is 165 g/mol. The fourth-order valence-corrected chi connectivity index (χ4v) is 1.32. The Labute approximate surface area is 74.6 Å². The topological polar surface area (TPSA) is 17.8 Å². The summed E-state index contributed by atoms with van der Waals surface area (Å²) in [5.41, 5.74) is 2.47. The van der Waals surface area contributed by atoms with Crippen LogP contribution in [0.3, 0.4) is 0 Å². The third kappa shape index (κ3) is 1.87. The van der Waals surface area contributed by atoms with Crippen LogP contribution in [0.2, 0.25) is 0 Å². The van der Waals surface area contributed by atoms with Crippen LogP contribution < -0.4 is 0 Å². The lowest BCUT2D eigenvalue weighted by Crippen LogP contribution is -1.99. The highest BCUT2D eigenvalue weighted by molar-refractivity contribution is 5.10. The summed E-state index contributed by atoms with van der Waals surface area (Å²) in [6, 6.07) is 0. The molecule has 0 atom stereocenters. The smallest absolute Gasteiger partial charge is 0.176 e. The summed E-state index contributed by atoms with van der Waals surface area (Å²) >= 11 is 0. The Hall–Kier alpha value is -0.790. The first kappa shape index (κ1) is 9.30. The molecule has 0 saturated heterocycles. The van der Waals surface area contributed by atoms with E-state index in [1.54, 1.807) is 0 Å². The van der Waals surface area contributed by atoms with Gasteiger partial charge < -0.3 is 4.57 Å². The standard InChI is InChI=1S/C10H17N2/c1-5-12-7-11-10(9(12)4)6-8(2)3/h8H,5-6H2,1-4H3. The summed E-state index contributed by atoms with van der Waals surface area (Å²) in [5, 5.41) is 0. The maximum Gasteiger partial charge on any atom is 0.176 e. The molecule has 12 heavy (non-hydrogen) atoms. The van der Waals surface area contributed by atoms with E-state index in [0.717, 1.165) is 13.0 Å². The van der Waals surface area contributed by atoms with Crippen molar-refractivity contribution in [2.45, 2.75) is 40.7 Å². The average Bonchev–Trinajstić information content (AvgIpc) is 2.32. The van der Waals surface area contributed by atoms with E-state index in [4.69, 9.17) is 0 Å². The van der Waals surface area contributed by atoms with Crippen molar-refractivity contribution >= 4 is 0 Å². The maximum atomic E-state index is 4.26. The number of imidazole rings is 1. The first-order valence-corrected chi connectivity index (χ1v) is 4.58. The van der Waals surface area contributed by atoms with E-state index in [9.17, 15) is 0 Å². The van der Waals surface area contributed by atoms with E-state index in [2.05, 4.69) is 43.6 Å². The Kier molecular flexibility index (Phi) is 2.90. The predicted molar refractivity (Wildman–Crippen MR) is 50.0 cm³/mol. The first-order chi connectivity index (χ1) is 5.65. The molecule has 0 saturated carbocycles. The predicted octanol–water partition coefficient (Wildman–Crippen LogP) is 2.21. The van der Waals surface area contributed by atoms with Gasteiger partial charge in [-0.1, -0.05) is 13.8 Å². The van der Waals surface area contributed by atoms with Gasteiger partial charge in [0.25, 0.3) is 0 Å². The molecule has 0 fully saturated rings. The molecule has 0 aliphatic carbocycles. The zero-order valence-corrected chi connectivity index (χ0v) is 8.39. The molecule has 1 heterocycles. The second kappa shape index (κ2) is 3.74. The van der Waals surface area contributed by atoms with Crippen molar-refractivity contribution in [2.75, 3.05) is 0 Å². The Bertz CT molecular complexity index is 248. The van der Waals surface area contributed by atoms with E-state index in [-0.39, 0.29) is 0 Å². The van der Waals surface area contributed by atoms with E-state index in [0.29, 0.717) is 5.92 Å². The number of hydrogen-bond acceptors (Lipinski definition) is 1. The van der Waals surface area contributed by atoms with Gasteiger partial charge in [-0.3, -0.25) is 0 Å². The molecule has 0 amide bonds. The minimum absolute atomic E-state index is 0.678. The molecular formula is C10H17N2. The van der Waals surface area contributed by atoms with Gasteiger partial charge in [0, 0.05) is 12.2 Å². The number of aromatic nitrogens is 2. The molecule has 0 aromatic carbocycles. The van der Waals surface area contributed by atoms with Crippen LogP contribution >= 0.6 is 0 Å². The van der Waals surface area contributed by atoms with Gasteiger partial charge in [-0.2, -0.15) is 0 Å². The van der Waals surface area contributed by atoms with Gasteiger partial charge in [0.2, 0.25) is 0 Å². The van der Waals surface area contributed by atoms with E-state index in [1.807, 2.05) is 0 Å². The van der Waals surface area contributed by atoms with Crippen LogP contribution in [0.5, 0.6) is 0 Å². The van der Waals surface area contributed by atoms with Gasteiger partial charge >= 0.3 is 0 Å². The maximum absolute atomic E-state index is 4.26. The van der Waals surface area contributed by atoms with Crippen molar-refractivity contribution in [3.05, 3.63) is 17.7 Å². The van der Waals surface area contributed by atoms with Crippen LogP contribution in [0.1, 0.15) is 32.2 Å². The fourth-order valence-electron chi connectivity index (χ4n) is 1.32. The largest absolute Gasteiger partial charge is 0.326 e. The van der Waals surface area contributed by atoms with Crippen molar-refractivity contribution in [3.63, 3.8) is 0 Å². The minimum atomic E-state index is 0.678. The normalized spacial score (nSPS) is 11.1. The molecule has 1 radical (unpaired) electrons. The lowest BCUT2D eigenvalue weighted by atomic mass is 10.1. The molecule has 1 rings (SSSR count). The molecule has 0 aliphatic rings. The Balaban J connectivity index is 2.80. The molecule has 1 aromatic heterocycles. The van der Waals surface area contributed by atoms with Crippen molar-refractivity contribution in [2.24, 2.45) is 5.92 Å². The van der Waals surface area contributed by atoms with Gasteiger partial charge in [-0.25, -0.2) is 4.98 Å². The second-order valence-electron chi connectivity index (χ2n) is 3.59. The molecule has 0 bridgehead atoms. The molecule has 1 aromatic rings. The van der Waals surface area contributed by atoms with Gasteiger partial charge in [0.15, 0.2) is 6.33 Å². The van der Waals surface area contributed by atoms with E-state index < -0.39 is 0 Å². The summed E-state index contributed by atoms with van der Waals surface area (Å²) in [7, 11) is 0. The number of hydrogen-bond donors (Lipinski definition) is 0. The Morgan fingerprint density at radius 1 is 1.50 bits per heavy atom. The lowest BCUT2D eigenvalue weighted by Gasteiger charge is -2.03.